The molecule has 0 spiro atoms. The van der Waals surface area contributed by atoms with Gasteiger partial charge in [0.25, 0.3) is 0 Å². The lowest BCUT2D eigenvalue weighted by Gasteiger charge is -1.95. The number of thiophene rings is 1. The molecule has 0 saturated carbocycles. The van der Waals surface area contributed by atoms with Crippen LogP contribution in [0.5, 0.6) is 0 Å². The molecule has 0 nitrogen and oxygen atoms in total. The summed E-state index contributed by atoms with van der Waals surface area (Å²) in [6.45, 7) is 2.16. The van der Waals surface area contributed by atoms with Crippen LogP contribution in [0.1, 0.15) is 12.5 Å². The molecule has 2 rings (SSSR count). The summed E-state index contributed by atoms with van der Waals surface area (Å²) in [5.74, 6) is 0. The lowest BCUT2D eigenvalue weighted by molar-refractivity contribution is 1.17. The highest BCUT2D eigenvalue weighted by atomic mass is 35.5. The molecule has 0 amide bonds. The van der Waals surface area contributed by atoms with Crippen molar-refractivity contribution in [1.29, 1.82) is 0 Å². The van der Waals surface area contributed by atoms with Gasteiger partial charge in [-0.05, 0) is 29.5 Å². The van der Waals surface area contributed by atoms with Gasteiger partial charge in [0.1, 0.15) is 0 Å². The molecule has 0 aliphatic carbocycles. The Morgan fingerprint density at radius 3 is 3.00 bits per heavy atom. The van der Waals surface area contributed by atoms with Gasteiger partial charge in [-0.3, -0.25) is 0 Å². The fraction of sp³-hybridized carbons (Fsp3) is 0.200. The Balaban J connectivity index is 2.83. The number of fused-ring (bicyclic) bond motifs is 1. The zero-order valence-corrected chi connectivity index (χ0v) is 8.38. The normalized spacial score (nSPS) is 10.8. The van der Waals surface area contributed by atoms with Crippen LogP contribution in [0.2, 0.25) is 5.02 Å². The van der Waals surface area contributed by atoms with E-state index < -0.39 is 0 Å². The molecule has 0 aliphatic heterocycles. The zero-order valence-electron chi connectivity index (χ0n) is 6.80. The molecule has 62 valence electrons. The Kier molecular flexibility index (Phi) is 2.07. The van der Waals surface area contributed by atoms with E-state index in [9.17, 15) is 0 Å². The van der Waals surface area contributed by atoms with Gasteiger partial charge in [-0.2, -0.15) is 0 Å². The molecular weight excluding hydrogens is 188 g/mol. The molecule has 1 aromatic carbocycles. The summed E-state index contributed by atoms with van der Waals surface area (Å²) >= 11 is 7.86. The van der Waals surface area contributed by atoms with Crippen molar-refractivity contribution in [2.75, 3.05) is 0 Å². The standard InChI is InChI=1S/C10H9ClS/c1-2-7-6-12-9-5-3-4-8(11)10(7)9/h3-6H,2H2,1H3. The highest BCUT2D eigenvalue weighted by molar-refractivity contribution is 7.17. The van der Waals surface area contributed by atoms with Gasteiger partial charge in [0.15, 0.2) is 0 Å². The first-order valence-electron chi connectivity index (χ1n) is 3.97. The largest absolute Gasteiger partial charge is 0.143 e. The van der Waals surface area contributed by atoms with Gasteiger partial charge in [-0.1, -0.05) is 24.6 Å². The van der Waals surface area contributed by atoms with E-state index in [2.05, 4.69) is 18.4 Å². The average molecular weight is 197 g/mol. The molecule has 1 heterocycles. The second kappa shape index (κ2) is 3.08. The summed E-state index contributed by atoms with van der Waals surface area (Å²) < 4.78 is 1.29. The number of hydrogen-bond acceptors (Lipinski definition) is 1. The summed E-state index contributed by atoms with van der Waals surface area (Å²) in [6.07, 6.45) is 1.06. The van der Waals surface area contributed by atoms with E-state index >= 15 is 0 Å². The monoisotopic (exact) mass is 196 g/mol. The number of aryl methyl sites for hydroxylation is 1. The molecule has 12 heavy (non-hydrogen) atoms. The molecule has 0 radical (unpaired) electrons. The van der Waals surface area contributed by atoms with Crippen molar-refractivity contribution in [2.45, 2.75) is 13.3 Å². The van der Waals surface area contributed by atoms with Crippen molar-refractivity contribution in [3.63, 3.8) is 0 Å². The Morgan fingerprint density at radius 1 is 1.42 bits per heavy atom. The molecule has 0 bridgehead atoms. The van der Waals surface area contributed by atoms with Crippen LogP contribution in [0.4, 0.5) is 0 Å². The fourth-order valence-electron chi connectivity index (χ4n) is 1.37. The molecule has 0 saturated heterocycles. The smallest absolute Gasteiger partial charge is 0.0495 e. The number of hydrogen-bond donors (Lipinski definition) is 0. The van der Waals surface area contributed by atoms with E-state index in [4.69, 9.17) is 11.6 Å². The zero-order chi connectivity index (χ0) is 8.55. The molecule has 2 aromatic rings. The first kappa shape index (κ1) is 8.09. The van der Waals surface area contributed by atoms with E-state index in [1.54, 1.807) is 11.3 Å². The number of rotatable bonds is 1. The topological polar surface area (TPSA) is 0 Å². The van der Waals surface area contributed by atoms with Gasteiger partial charge in [-0.25, -0.2) is 0 Å². The third-order valence-corrected chi connectivity index (χ3v) is 3.32. The minimum Gasteiger partial charge on any atom is -0.143 e. The number of benzene rings is 1. The van der Waals surface area contributed by atoms with Crippen molar-refractivity contribution in [2.24, 2.45) is 0 Å². The van der Waals surface area contributed by atoms with Crippen LogP contribution < -0.4 is 0 Å². The van der Waals surface area contributed by atoms with Crippen LogP contribution in [0.3, 0.4) is 0 Å². The van der Waals surface area contributed by atoms with Crippen molar-refractivity contribution in [3.05, 3.63) is 34.2 Å². The molecule has 0 aliphatic rings. The summed E-state index contributed by atoms with van der Waals surface area (Å²) in [5, 5.41) is 4.31. The molecule has 2 heteroatoms. The van der Waals surface area contributed by atoms with Gasteiger partial charge < -0.3 is 0 Å². The lowest BCUT2D eigenvalue weighted by Crippen LogP contribution is -1.75. The van der Waals surface area contributed by atoms with E-state index in [1.165, 1.54) is 15.6 Å². The van der Waals surface area contributed by atoms with E-state index in [0.29, 0.717) is 0 Å². The summed E-state index contributed by atoms with van der Waals surface area (Å²) in [7, 11) is 0. The summed E-state index contributed by atoms with van der Waals surface area (Å²) in [5.41, 5.74) is 1.36. The molecule has 0 fully saturated rings. The van der Waals surface area contributed by atoms with E-state index in [1.807, 2.05) is 12.1 Å². The first-order chi connectivity index (χ1) is 5.83. The van der Waals surface area contributed by atoms with Crippen LogP contribution in [-0.4, -0.2) is 0 Å². The maximum absolute atomic E-state index is 6.09. The Bertz CT molecular complexity index is 403. The highest BCUT2D eigenvalue weighted by Crippen LogP contribution is 2.31. The lowest BCUT2D eigenvalue weighted by atomic mass is 10.1. The first-order valence-corrected chi connectivity index (χ1v) is 5.23. The third-order valence-electron chi connectivity index (χ3n) is 2.01. The van der Waals surface area contributed by atoms with Crippen LogP contribution in [0, 0.1) is 0 Å². The van der Waals surface area contributed by atoms with Crippen LogP contribution in [0.25, 0.3) is 10.1 Å². The minimum atomic E-state index is 0.880. The summed E-state index contributed by atoms with van der Waals surface area (Å²) in [6, 6.07) is 6.07. The molecular formula is C10H9ClS. The van der Waals surface area contributed by atoms with E-state index in [0.717, 1.165) is 11.4 Å². The fourth-order valence-corrected chi connectivity index (χ4v) is 2.79. The predicted molar refractivity (Wildman–Crippen MR) is 56.2 cm³/mol. The number of halogens is 1. The van der Waals surface area contributed by atoms with Crippen LogP contribution >= 0.6 is 22.9 Å². The molecule has 0 N–H and O–H groups in total. The molecule has 0 atom stereocenters. The van der Waals surface area contributed by atoms with Crippen molar-refractivity contribution in [1.82, 2.24) is 0 Å². The predicted octanol–water partition coefficient (Wildman–Crippen LogP) is 4.12. The average Bonchev–Trinajstić information content (AvgIpc) is 2.49. The molecule has 1 aromatic heterocycles. The molecule has 0 unspecified atom stereocenters. The maximum Gasteiger partial charge on any atom is 0.0495 e. The Hall–Kier alpha value is -0.530. The SMILES string of the molecule is CCc1csc2cccc(Cl)c12. The van der Waals surface area contributed by atoms with Gasteiger partial charge in [0.05, 0.1) is 0 Å². The van der Waals surface area contributed by atoms with Gasteiger partial charge in [0.2, 0.25) is 0 Å². The van der Waals surface area contributed by atoms with Crippen molar-refractivity contribution in [3.8, 4) is 0 Å². The summed E-state index contributed by atoms with van der Waals surface area (Å²) in [4.78, 5) is 0. The second-order valence-corrected chi connectivity index (χ2v) is 4.05. The highest BCUT2D eigenvalue weighted by Gasteiger charge is 2.04. The van der Waals surface area contributed by atoms with Crippen LogP contribution in [0.15, 0.2) is 23.6 Å². The Morgan fingerprint density at radius 2 is 2.25 bits per heavy atom. The van der Waals surface area contributed by atoms with E-state index in [-0.39, 0.29) is 0 Å². The maximum atomic E-state index is 6.09. The van der Waals surface area contributed by atoms with Crippen molar-refractivity contribution >= 4 is 33.0 Å². The quantitative estimate of drug-likeness (QED) is 0.644. The minimum absolute atomic E-state index is 0.880. The second-order valence-electron chi connectivity index (χ2n) is 2.73. The van der Waals surface area contributed by atoms with Gasteiger partial charge >= 0.3 is 0 Å². The Labute approximate surface area is 80.8 Å². The van der Waals surface area contributed by atoms with Crippen LogP contribution in [-0.2, 0) is 6.42 Å². The van der Waals surface area contributed by atoms with Crippen molar-refractivity contribution < 1.29 is 0 Å². The third kappa shape index (κ3) is 1.13. The van der Waals surface area contributed by atoms with Gasteiger partial charge in [0, 0.05) is 15.1 Å². The van der Waals surface area contributed by atoms with Gasteiger partial charge in [-0.15, -0.1) is 11.3 Å².